The first-order valence-corrected chi connectivity index (χ1v) is 7.60. The molecule has 5 nitrogen and oxygen atoms in total. The van der Waals surface area contributed by atoms with E-state index in [2.05, 4.69) is 15.5 Å². The molecular weight excluding hydrogens is 300 g/mol. The highest BCUT2D eigenvalue weighted by Gasteiger charge is 2.05. The van der Waals surface area contributed by atoms with Crippen molar-refractivity contribution >= 4 is 28.7 Å². The minimum Gasteiger partial charge on any atom is -0.378 e. The maximum atomic E-state index is 12.1. The summed E-state index contributed by atoms with van der Waals surface area (Å²) in [6.07, 6.45) is 3.36. The number of para-hydroxylation sites is 1. The maximum Gasteiger partial charge on any atom is 0.271 e. The standard InChI is InChI=1S/C19H18N4O/c1-23(2)16-9-7-14(8-10-16)19(24)22-21-13-15-11-12-20-18-6-4-3-5-17(15)18/h3-13H,1-2H3,(H,22,24). The Morgan fingerprint density at radius 1 is 1.08 bits per heavy atom. The first-order chi connectivity index (χ1) is 11.6. The van der Waals surface area contributed by atoms with E-state index < -0.39 is 0 Å². The van der Waals surface area contributed by atoms with Crippen molar-refractivity contribution in [2.75, 3.05) is 19.0 Å². The fraction of sp³-hybridized carbons (Fsp3) is 0.105. The van der Waals surface area contributed by atoms with E-state index >= 15 is 0 Å². The molecule has 0 aliphatic rings. The van der Waals surface area contributed by atoms with Crippen molar-refractivity contribution in [3.63, 3.8) is 0 Å². The summed E-state index contributed by atoms with van der Waals surface area (Å²) in [6.45, 7) is 0. The van der Waals surface area contributed by atoms with Crippen LogP contribution in [0, 0.1) is 0 Å². The number of anilines is 1. The molecule has 120 valence electrons. The molecule has 0 saturated carbocycles. The number of fused-ring (bicyclic) bond motifs is 1. The number of hydrogen-bond donors (Lipinski definition) is 1. The normalized spacial score (nSPS) is 10.9. The Labute approximate surface area is 140 Å². The lowest BCUT2D eigenvalue weighted by Gasteiger charge is -2.12. The van der Waals surface area contributed by atoms with Gasteiger partial charge in [0.05, 0.1) is 11.7 Å². The molecule has 1 N–H and O–H groups in total. The van der Waals surface area contributed by atoms with Gasteiger partial charge in [-0.05, 0) is 36.4 Å². The predicted molar refractivity (Wildman–Crippen MR) is 97.6 cm³/mol. The SMILES string of the molecule is CN(C)c1ccc(C(=O)NN=Cc2ccnc3ccccc23)cc1. The van der Waals surface area contributed by atoms with E-state index in [1.165, 1.54) is 0 Å². The van der Waals surface area contributed by atoms with Gasteiger partial charge in [-0.1, -0.05) is 18.2 Å². The van der Waals surface area contributed by atoms with E-state index in [1.807, 2.05) is 61.5 Å². The van der Waals surface area contributed by atoms with Gasteiger partial charge in [-0.3, -0.25) is 9.78 Å². The van der Waals surface area contributed by atoms with Crippen LogP contribution in [0.1, 0.15) is 15.9 Å². The fourth-order valence-corrected chi connectivity index (χ4v) is 2.37. The van der Waals surface area contributed by atoms with Crippen molar-refractivity contribution in [2.45, 2.75) is 0 Å². The van der Waals surface area contributed by atoms with Gasteiger partial charge in [0.25, 0.3) is 5.91 Å². The molecule has 1 aromatic heterocycles. The summed E-state index contributed by atoms with van der Waals surface area (Å²) in [4.78, 5) is 18.4. The monoisotopic (exact) mass is 318 g/mol. The van der Waals surface area contributed by atoms with Crippen LogP contribution in [-0.4, -0.2) is 31.2 Å². The van der Waals surface area contributed by atoms with E-state index in [4.69, 9.17) is 0 Å². The minimum absolute atomic E-state index is 0.241. The van der Waals surface area contributed by atoms with E-state index in [9.17, 15) is 4.79 Å². The molecule has 0 aliphatic heterocycles. The van der Waals surface area contributed by atoms with Crippen LogP contribution >= 0.6 is 0 Å². The molecule has 1 amide bonds. The van der Waals surface area contributed by atoms with Gasteiger partial charge in [0.1, 0.15) is 0 Å². The Balaban J connectivity index is 1.72. The highest BCUT2D eigenvalue weighted by atomic mass is 16.2. The van der Waals surface area contributed by atoms with Gasteiger partial charge in [0, 0.05) is 42.5 Å². The van der Waals surface area contributed by atoms with Crippen molar-refractivity contribution in [3.05, 3.63) is 71.9 Å². The van der Waals surface area contributed by atoms with Crippen molar-refractivity contribution in [1.82, 2.24) is 10.4 Å². The zero-order valence-electron chi connectivity index (χ0n) is 13.6. The van der Waals surface area contributed by atoms with Crippen molar-refractivity contribution in [1.29, 1.82) is 0 Å². The van der Waals surface area contributed by atoms with E-state index in [-0.39, 0.29) is 5.91 Å². The first kappa shape index (κ1) is 15.7. The van der Waals surface area contributed by atoms with Gasteiger partial charge in [-0.25, -0.2) is 5.43 Å². The van der Waals surface area contributed by atoms with Gasteiger partial charge in [0.2, 0.25) is 0 Å². The smallest absolute Gasteiger partial charge is 0.271 e. The molecule has 3 aromatic rings. The third kappa shape index (κ3) is 3.41. The summed E-state index contributed by atoms with van der Waals surface area (Å²) in [7, 11) is 3.91. The number of aromatic nitrogens is 1. The van der Waals surface area contributed by atoms with Gasteiger partial charge < -0.3 is 4.90 Å². The second kappa shape index (κ2) is 6.91. The predicted octanol–water partition coefficient (Wildman–Crippen LogP) is 3.06. The molecule has 5 heteroatoms. The maximum absolute atomic E-state index is 12.1. The van der Waals surface area contributed by atoms with Crippen LogP contribution in [0.15, 0.2) is 65.9 Å². The molecule has 0 saturated heterocycles. The van der Waals surface area contributed by atoms with Crippen LogP contribution in [0.25, 0.3) is 10.9 Å². The molecule has 0 aliphatic carbocycles. The average Bonchev–Trinajstić information content (AvgIpc) is 2.62. The van der Waals surface area contributed by atoms with E-state index in [0.717, 1.165) is 22.2 Å². The van der Waals surface area contributed by atoms with Crippen LogP contribution in [-0.2, 0) is 0 Å². The van der Waals surface area contributed by atoms with Crippen LogP contribution in [0.3, 0.4) is 0 Å². The zero-order chi connectivity index (χ0) is 16.9. The number of hydrazone groups is 1. The fourth-order valence-electron chi connectivity index (χ4n) is 2.37. The van der Waals surface area contributed by atoms with Crippen LogP contribution < -0.4 is 10.3 Å². The molecule has 0 bridgehead atoms. The summed E-state index contributed by atoms with van der Waals surface area (Å²) in [6, 6.07) is 17.0. The minimum atomic E-state index is -0.241. The van der Waals surface area contributed by atoms with Crippen molar-refractivity contribution in [3.8, 4) is 0 Å². The molecule has 0 fully saturated rings. The summed E-state index contributed by atoms with van der Waals surface area (Å²) >= 11 is 0. The second-order valence-corrected chi connectivity index (χ2v) is 5.56. The number of rotatable bonds is 4. The third-order valence-electron chi connectivity index (χ3n) is 3.70. The topological polar surface area (TPSA) is 57.6 Å². The van der Waals surface area contributed by atoms with Gasteiger partial charge >= 0.3 is 0 Å². The molecule has 1 heterocycles. The van der Waals surface area contributed by atoms with E-state index in [0.29, 0.717) is 5.56 Å². The third-order valence-corrected chi connectivity index (χ3v) is 3.70. The Bertz CT molecular complexity index is 880. The van der Waals surface area contributed by atoms with Crippen molar-refractivity contribution in [2.24, 2.45) is 5.10 Å². The van der Waals surface area contributed by atoms with Gasteiger partial charge in [0.15, 0.2) is 0 Å². The summed E-state index contributed by atoms with van der Waals surface area (Å²) in [5, 5.41) is 5.06. The quantitative estimate of drug-likeness (QED) is 0.594. The number of pyridine rings is 1. The first-order valence-electron chi connectivity index (χ1n) is 7.60. The summed E-state index contributed by atoms with van der Waals surface area (Å²) < 4.78 is 0. The van der Waals surface area contributed by atoms with Gasteiger partial charge in [-0.2, -0.15) is 5.10 Å². The number of nitrogens with zero attached hydrogens (tertiary/aromatic N) is 3. The molecule has 0 unspecified atom stereocenters. The number of amides is 1. The number of hydrogen-bond acceptors (Lipinski definition) is 4. The zero-order valence-corrected chi connectivity index (χ0v) is 13.6. The van der Waals surface area contributed by atoms with E-state index in [1.54, 1.807) is 24.5 Å². The van der Waals surface area contributed by atoms with Crippen LogP contribution in [0.5, 0.6) is 0 Å². The summed E-state index contributed by atoms with van der Waals surface area (Å²) in [5.41, 5.74) is 5.97. The molecular formula is C19H18N4O. The molecule has 24 heavy (non-hydrogen) atoms. The molecule has 0 spiro atoms. The number of benzene rings is 2. The Morgan fingerprint density at radius 2 is 1.83 bits per heavy atom. The lowest BCUT2D eigenvalue weighted by Crippen LogP contribution is -2.18. The Hall–Kier alpha value is -3.21. The Kier molecular flexibility index (Phi) is 4.52. The van der Waals surface area contributed by atoms with Crippen LogP contribution in [0.4, 0.5) is 5.69 Å². The number of nitrogens with one attached hydrogen (secondary N) is 1. The molecule has 0 atom stereocenters. The lowest BCUT2D eigenvalue weighted by molar-refractivity contribution is 0.0955. The highest BCUT2D eigenvalue weighted by Crippen LogP contribution is 2.14. The number of carbonyl (C=O) groups excluding carboxylic acids is 1. The Morgan fingerprint density at radius 3 is 2.58 bits per heavy atom. The highest BCUT2D eigenvalue weighted by molar-refractivity contribution is 5.99. The molecule has 3 rings (SSSR count). The van der Waals surface area contributed by atoms with Gasteiger partial charge in [-0.15, -0.1) is 0 Å². The van der Waals surface area contributed by atoms with Crippen LogP contribution in [0.2, 0.25) is 0 Å². The van der Waals surface area contributed by atoms with Crippen molar-refractivity contribution < 1.29 is 4.79 Å². The largest absolute Gasteiger partial charge is 0.378 e. The molecule has 2 aromatic carbocycles. The second-order valence-electron chi connectivity index (χ2n) is 5.56. The summed E-state index contributed by atoms with van der Waals surface area (Å²) in [5.74, 6) is -0.241. The lowest BCUT2D eigenvalue weighted by atomic mass is 10.1. The number of carbonyl (C=O) groups is 1. The molecule has 0 radical (unpaired) electrons. The average molecular weight is 318 g/mol.